The summed E-state index contributed by atoms with van der Waals surface area (Å²) in [6.45, 7) is 1.87. The first-order valence-electron chi connectivity index (χ1n) is 9.00. The molecule has 1 aromatic carbocycles. The maximum atomic E-state index is 12.9. The van der Waals surface area contributed by atoms with Gasteiger partial charge in [-0.05, 0) is 61.1 Å². The molecule has 1 unspecified atom stereocenters. The van der Waals surface area contributed by atoms with Gasteiger partial charge in [-0.3, -0.25) is 9.69 Å². The van der Waals surface area contributed by atoms with Gasteiger partial charge in [0.05, 0.1) is 17.7 Å². The number of likely N-dealkylation sites (tertiary alicyclic amines) is 1. The predicted octanol–water partition coefficient (Wildman–Crippen LogP) is 2.53. The Kier molecular flexibility index (Phi) is 4.52. The van der Waals surface area contributed by atoms with E-state index in [1.165, 1.54) is 17.7 Å². The first-order valence-corrected chi connectivity index (χ1v) is 9.00. The van der Waals surface area contributed by atoms with Crippen LogP contribution >= 0.6 is 0 Å². The first kappa shape index (κ1) is 16.9. The summed E-state index contributed by atoms with van der Waals surface area (Å²) in [6, 6.07) is 6.87. The smallest absolute Gasteiger partial charge is 0.306 e. The molecule has 5 heteroatoms. The van der Waals surface area contributed by atoms with Crippen LogP contribution in [-0.2, 0) is 4.79 Å². The lowest BCUT2D eigenvalue weighted by Gasteiger charge is -2.46. The molecule has 3 aliphatic rings. The van der Waals surface area contributed by atoms with Crippen molar-refractivity contribution in [2.24, 2.45) is 5.92 Å². The van der Waals surface area contributed by atoms with E-state index in [1.807, 2.05) is 6.08 Å². The number of hydrogen-bond acceptors (Lipinski definition) is 3. The molecule has 134 valence electrons. The van der Waals surface area contributed by atoms with Crippen LogP contribution in [0.4, 0.5) is 4.39 Å². The Morgan fingerprint density at radius 3 is 2.69 bits per heavy atom. The van der Waals surface area contributed by atoms with Crippen molar-refractivity contribution in [2.75, 3.05) is 13.1 Å². The topological polar surface area (TPSA) is 52.6 Å². The number of carboxylic acids is 1. The molecule has 4 nitrogen and oxygen atoms in total. The molecule has 26 heavy (non-hydrogen) atoms. The highest BCUT2D eigenvalue weighted by Crippen LogP contribution is 2.34. The van der Waals surface area contributed by atoms with Crippen molar-refractivity contribution in [1.82, 2.24) is 10.2 Å². The van der Waals surface area contributed by atoms with Crippen LogP contribution in [0, 0.1) is 23.6 Å². The van der Waals surface area contributed by atoms with Gasteiger partial charge in [0.25, 0.3) is 0 Å². The highest BCUT2D eigenvalue weighted by Gasteiger charge is 2.40. The number of nitrogens with zero attached hydrogens (tertiary/aromatic N) is 1. The fourth-order valence-electron chi connectivity index (χ4n) is 3.81. The zero-order valence-electron chi connectivity index (χ0n) is 14.4. The van der Waals surface area contributed by atoms with E-state index in [9.17, 15) is 9.18 Å². The second-order valence-corrected chi connectivity index (χ2v) is 7.20. The molecule has 0 bridgehead atoms. The highest BCUT2D eigenvalue weighted by atomic mass is 19.1. The first-order chi connectivity index (χ1) is 12.6. The van der Waals surface area contributed by atoms with Gasteiger partial charge in [0.15, 0.2) is 0 Å². The molecule has 2 N–H and O–H groups in total. The van der Waals surface area contributed by atoms with Crippen molar-refractivity contribution in [3.05, 3.63) is 59.1 Å². The second kappa shape index (κ2) is 6.97. The lowest BCUT2D eigenvalue weighted by Crippen LogP contribution is -2.53. The third kappa shape index (κ3) is 3.51. The van der Waals surface area contributed by atoms with Crippen LogP contribution in [0.5, 0.6) is 0 Å². The Bertz CT molecular complexity index is 826. The minimum atomic E-state index is -0.665. The molecule has 1 atom stereocenters. The number of fused-ring (bicyclic) bond motifs is 1. The maximum Gasteiger partial charge on any atom is 0.306 e. The molecule has 0 amide bonds. The molecule has 0 spiro atoms. The van der Waals surface area contributed by atoms with E-state index in [0.29, 0.717) is 12.1 Å². The fourth-order valence-corrected chi connectivity index (χ4v) is 3.81. The van der Waals surface area contributed by atoms with Gasteiger partial charge in [0, 0.05) is 24.7 Å². The molecular weight excluding hydrogens is 331 g/mol. The number of halogens is 1. The van der Waals surface area contributed by atoms with Gasteiger partial charge < -0.3 is 10.4 Å². The molecule has 2 aliphatic heterocycles. The number of carboxylic acid groups (broad SMARTS) is 1. The zero-order chi connectivity index (χ0) is 18.1. The third-order valence-corrected chi connectivity index (χ3v) is 5.50. The van der Waals surface area contributed by atoms with Crippen LogP contribution < -0.4 is 5.32 Å². The van der Waals surface area contributed by atoms with Crippen LogP contribution in [-0.4, -0.2) is 41.1 Å². The van der Waals surface area contributed by atoms with Crippen molar-refractivity contribution >= 4 is 5.97 Å². The molecule has 2 heterocycles. The van der Waals surface area contributed by atoms with Gasteiger partial charge >= 0.3 is 5.97 Å². The molecule has 4 rings (SSSR count). The van der Waals surface area contributed by atoms with E-state index in [2.05, 4.69) is 28.1 Å². The van der Waals surface area contributed by atoms with E-state index in [4.69, 9.17) is 5.11 Å². The van der Waals surface area contributed by atoms with Gasteiger partial charge in [0.1, 0.15) is 5.82 Å². The summed E-state index contributed by atoms with van der Waals surface area (Å²) in [6.07, 6.45) is 6.66. The van der Waals surface area contributed by atoms with E-state index in [1.54, 1.807) is 12.1 Å². The van der Waals surface area contributed by atoms with Gasteiger partial charge in [-0.1, -0.05) is 12.0 Å². The van der Waals surface area contributed by atoms with Crippen molar-refractivity contribution in [2.45, 2.75) is 31.3 Å². The molecular formula is C21H21FN2O2. The van der Waals surface area contributed by atoms with Crippen LogP contribution in [0.15, 0.2) is 47.7 Å². The second-order valence-electron chi connectivity index (χ2n) is 7.20. The summed E-state index contributed by atoms with van der Waals surface area (Å²) in [4.78, 5) is 13.4. The summed E-state index contributed by atoms with van der Waals surface area (Å²) in [7, 11) is 0. The highest BCUT2D eigenvalue weighted by molar-refractivity contribution is 5.71. The van der Waals surface area contributed by atoms with Gasteiger partial charge in [-0.15, -0.1) is 0 Å². The van der Waals surface area contributed by atoms with E-state index >= 15 is 0 Å². The summed E-state index contributed by atoms with van der Waals surface area (Å²) in [5, 5.41) is 12.5. The molecule has 2 fully saturated rings. The lowest BCUT2D eigenvalue weighted by molar-refractivity contribution is -0.147. The lowest BCUT2D eigenvalue weighted by atomic mass is 9.78. The average molecular weight is 352 g/mol. The van der Waals surface area contributed by atoms with Crippen molar-refractivity contribution in [3.63, 3.8) is 0 Å². The minimum Gasteiger partial charge on any atom is -0.481 e. The largest absolute Gasteiger partial charge is 0.481 e. The Morgan fingerprint density at radius 1 is 1.19 bits per heavy atom. The van der Waals surface area contributed by atoms with E-state index < -0.39 is 5.97 Å². The quantitative estimate of drug-likeness (QED) is 0.803. The summed E-state index contributed by atoms with van der Waals surface area (Å²) in [5.41, 5.74) is 3.00. The van der Waals surface area contributed by atoms with Crippen molar-refractivity contribution in [3.8, 4) is 11.8 Å². The minimum absolute atomic E-state index is 0.163. The van der Waals surface area contributed by atoms with Crippen molar-refractivity contribution < 1.29 is 14.3 Å². The molecule has 0 radical (unpaired) electrons. The summed E-state index contributed by atoms with van der Waals surface area (Å²) in [5.74, 6) is 5.09. The fraction of sp³-hybridized carbons (Fsp3) is 0.381. The van der Waals surface area contributed by atoms with Crippen LogP contribution in [0.2, 0.25) is 0 Å². The van der Waals surface area contributed by atoms with E-state index in [-0.39, 0.29) is 11.7 Å². The van der Waals surface area contributed by atoms with Crippen LogP contribution in [0.1, 0.15) is 24.8 Å². The number of carbonyl (C=O) groups is 1. The third-order valence-electron chi connectivity index (χ3n) is 5.50. The maximum absolute atomic E-state index is 12.9. The number of hydrogen-bond donors (Lipinski definition) is 2. The number of nitrogens with one attached hydrogen (secondary N) is 1. The predicted molar refractivity (Wildman–Crippen MR) is 96.7 cm³/mol. The van der Waals surface area contributed by atoms with Gasteiger partial charge in [-0.25, -0.2) is 4.39 Å². The number of benzene rings is 1. The number of dihydropyridines is 1. The number of piperidine rings is 1. The Balaban J connectivity index is 1.39. The number of allylic oxidation sites excluding steroid dienone is 3. The zero-order valence-corrected chi connectivity index (χ0v) is 14.4. The molecule has 0 aromatic heterocycles. The SMILES string of the molecule is O=C(O)C1CC(N2CCC3NC(C#Cc4ccc(F)cc4)=CC=C3C2)C1. The Labute approximate surface area is 152 Å². The molecule has 1 aliphatic carbocycles. The number of rotatable bonds is 2. The average Bonchev–Trinajstić information content (AvgIpc) is 2.59. The Hall–Kier alpha value is -2.58. The van der Waals surface area contributed by atoms with Crippen molar-refractivity contribution in [1.29, 1.82) is 0 Å². The molecule has 1 aromatic rings. The van der Waals surface area contributed by atoms with E-state index in [0.717, 1.165) is 43.6 Å². The van der Waals surface area contributed by atoms with Gasteiger partial charge in [0.2, 0.25) is 0 Å². The molecule has 1 saturated carbocycles. The monoisotopic (exact) mass is 352 g/mol. The normalized spacial score (nSPS) is 27.7. The summed E-state index contributed by atoms with van der Waals surface area (Å²) < 4.78 is 12.9. The Morgan fingerprint density at radius 2 is 1.96 bits per heavy atom. The standard InChI is InChI=1S/C21H21FN2O2/c22-17-5-1-14(2-6-17)3-7-18-8-4-15-13-24(10-9-20(15)23-18)19-11-16(12-19)21(25)26/h1-2,4-6,8,16,19-20,23H,9-13H2,(H,25,26). The van der Waals surface area contributed by atoms with Crippen LogP contribution in [0.3, 0.4) is 0 Å². The molecule has 1 saturated heterocycles. The summed E-state index contributed by atoms with van der Waals surface area (Å²) >= 11 is 0. The van der Waals surface area contributed by atoms with Crippen LogP contribution in [0.25, 0.3) is 0 Å². The number of aliphatic carboxylic acids is 1. The van der Waals surface area contributed by atoms with Gasteiger partial charge in [-0.2, -0.15) is 0 Å².